The van der Waals surface area contributed by atoms with E-state index >= 15 is 0 Å². The fourth-order valence-electron chi connectivity index (χ4n) is 1.42. The van der Waals surface area contributed by atoms with Gasteiger partial charge >= 0.3 is 5.69 Å². The summed E-state index contributed by atoms with van der Waals surface area (Å²) in [7, 11) is 0. The Hall–Kier alpha value is -1.89. The molecule has 7 nitrogen and oxygen atoms in total. The number of fused-ring (bicyclic) bond motifs is 1. The molecular weight excluding hydrogens is 222 g/mol. The highest BCUT2D eigenvalue weighted by atomic mass is 16.3. The van der Waals surface area contributed by atoms with Crippen LogP contribution in [0.3, 0.4) is 0 Å². The Morgan fingerprint density at radius 2 is 2.35 bits per heavy atom. The lowest BCUT2D eigenvalue weighted by Gasteiger charge is -2.27. The SMILES string of the molecule is CCC(C)(CO)Nc1ccc2n[nH]c(=O)n2n1. The topological polar surface area (TPSA) is 95.3 Å². The zero-order valence-corrected chi connectivity index (χ0v) is 9.77. The molecule has 2 aromatic rings. The van der Waals surface area contributed by atoms with Crippen molar-refractivity contribution in [1.82, 2.24) is 19.8 Å². The third-order valence-electron chi connectivity index (χ3n) is 2.83. The summed E-state index contributed by atoms with van der Waals surface area (Å²) >= 11 is 0. The highest BCUT2D eigenvalue weighted by Crippen LogP contribution is 2.15. The van der Waals surface area contributed by atoms with Gasteiger partial charge < -0.3 is 10.4 Å². The first-order chi connectivity index (χ1) is 8.08. The van der Waals surface area contributed by atoms with Gasteiger partial charge in [-0.05, 0) is 25.5 Å². The number of H-pyrrole nitrogens is 1. The molecule has 0 spiro atoms. The number of hydrogen-bond acceptors (Lipinski definition) is 5. The van der Waals surface area contributed by atoms with Crippen LogP contribution in [0.5, 0.6) is 0 Å². The summed E-state index contributed by atoms with van der Waals surface area (Å²) in [5, 5.41) is 22.6. The van der Waals surface area contributed by atoms with Gasteiger partial charge in [0.1, 0.15) is 5.82 Å². The van der Waals surface area contributed by atoms with Crippen LogP contribution in [-0.2, 0) is 0 Å². The zero-order valence-electron chi connectivity index (χ0n) is 9.77. The summed E-state index contributed by atoms with van der Waals surface area (Å²) in [4.78, 5) is 11.3. The van der Waals surface area contributed by atoms with E-state index in [1.54, 1.807) is 12.1 Å². The monoisotopic (exact) mass is 237 g/mol. The van der Waals surface area contributed by atoms with E-state index in [9.17, 15) is 9.90 Å². The van der Waals surface area contributed by atoms with Crippen LogP contribution in [0.15, 0.2) is 16.9 Å². The number of hydrogen-bond donors (Lipinski definition) is 3. The van der Waals surface area contributed by atoms with Gasteiger partial charge in [-0.3, -0.25) is 0 Å². The minimum atomic E-state index is -0.450. The summed E-state index contributed by atoms with van der Waals surface area (Å²) in [5.74, 6) is 0.527. The van der Waals surface area contributed by atoms with E-state index in [1.807, 2.05) is 13.8 Å². The lowest BCUT2D eigenvalue weighted by atomic mass is 10.0. The molecule has 0 amide bonds. The Bertz CT molecular complexity index is 569. The normalized spacial score (nSPS) is 14.8. The van der Waals surface area contributed by atoms with Crippen molar-refractivity contribution in [2.75, 3.05) is 11.9 Å². The van der Waals surface area contributed by atoms with E-state index in [0.717, 1.165) is 6.42 Å². The number of aliphatic hydroxyl groups excluding tert-OH is 1. The van der Waals surface area contributed by atoms with Crippen LogP contribution < -0.4 is 11.0 Å². The molecule has 2 heterocycles. The van der Waals surface area contributed by atoms with E-state index in [4.69, 9.17) is 0 Å². The van der Waals surface area contributed by atoms with Crippen LogP contribution in [0.1, 0.15) is 20.3 Å². The molecule has 0 saturated carbocycles. The molecule has 92 valence electrons. The predicted octanol–water partition coefficient (Wildman–Crippen LogP) is -0.00950. The minimum Gasteiger partial charge on any atom is -0.394 e. The average molecular weight is 237 g/mol. The number of aliphatic hydroxyl groups is 1. The van der Waals surface area contributed by atoms with Crippen molar-refractivity contribution in [3.63, 3.8) is 0 Å². The lowest BCUT2D eigenvalue weighted by molar-refractivity contribution is 0.218. The van der Waals surface area contributed by atoms with Crippen molar-refractivity contribution in [3.8, 4) is 0 Å². The van der Waals surface area contributed by atoms with Crippen molar-refractivity contribution in [1.29, 1.82) is 0 Å². The molecule has 0 aromatic carbocycles. The van der Waals surface area contributed by atoms with Crippen LogP contribution in [0.4, 0.5) is 5.82 Å². The molecule has 0 saturated heterocycles. The molecule has 2 rings (SSSR count). The molecule has 0 aliphatic heterocycles. The first-order valence-corrected chi connectivity index (χ1v) is 5.41. The van der Waals surface area contributed by atoms with Crippen LogP contribution in [-0.4, -0.2) is 37.1 Å². The lowest BCUT2D eigenvalue weighted by Crippen LogP contribution is -2.38. The summed E-state index contributed by atoms with van der Waals surface area (Å²) in [5.41, 5.74) is -0.373. The Balaban J connectivity index is 2.36. The van der Waals surface area contributed by atoms with Gasteiger partial charge in [0.25, 0.3) is 0 Å². The van der Waals surface area contributed by atoms with Gasteiger partial charge in [-0.15, -0.1) is 5.10 Å². The molecule has 0 aliphatic rings. The number of aromatic amines is 1. The second kappa shape index (κ2) is 4.17. The molecule has 0 aliphatic carbocycles. The maximum Gasteiger partial charge on any atom is 0.364 e. The van der Waals surface area contributed by atoms with E-state index in [0.29, 0.717) is 11.5 Å². The molecular formula is C10H15N5O2. The molecule has 7 heteroatoms. The highest BCUT2D eigenvalue weighted by molar-refractivity contribution is 5.44. The molecule has 3 N–H and O–H groups in total. The molecule has 0 fully saturated rings. The Morgan fingerprint density at radius 3 is 3.00 bits per heavy atom. The first-order valence-electron chi connectivity index (χ1n) is 5.41. The predicted molar refractivity (Wildman–Crippen MR) is 63.0 cm³/mol. The van der Waals surface area contributed by atoms with Crippen LogP contribution in [0.25, 0.3) is 5.65 Å². The molecule has 1 atom stereocenters. The summed E-state index contributed by atoms with van der Waals surface area (Å²) in [6.07, 6.45) is 0.740. The fourth-order valence-corrected chi connectivity index (χ4v) is 1.42. The molecule has 2 aromatic heterocycles. The van der Waals surface area contributed by atoms with E-state index in [1.165, 1.54) is 4.52 Å². The summed E-state index contributed by atoms with van der Waals surface area (Å²) in [6, 6.07) is 3.40. The number of nitrogens with zero attached hydrogens (tertiary/aromatic N) is 3. The Labute approximate surface area is 97.5 Å². The number of aromatic nitrogens is 4. The van der Waals surface area contributed by atoms with Gasteiger partial charge in [-0.25, -0.2) is 9.89 Å². The first kappa shape index (κ1) is 11.6. The van der Waals surface area contributed by atoms with Gasteiger partial charge in [0.15, 0.2) is 5.65 Å². The van der Waals surface area contributed by atoms with Gasteiger partial charge in [0.05, 0.1) is 12.1 Å². The second-order valence-electron chi connectivity index (χ2n) is 4.21. The van der Waals surface area contributed by atoms with Crippen molar-refractivity contribution in [2.45, 2.75) is 25.8 Å². The zero-order chi connectivity index (χ0) is 12.5. The van der Waals surface area contributed by atoms with E-state index in [2.05, 4.69) is 20.6 Å². The third kappa shape index (κ3) is 2.14. The number of rotatable bonds is 4. The summed E-state index contributed by atoms with van der Waals surface area (Å²) < 4.78 is 1.18. The largest absolute Gasteiger partial charge is 0.394 e. The van der Waals surface area contributed by atoms with Crippen molar-refractivity contribution >= 4 is 11.5 Å². The van der Waals surface area contributed by atoms with Gasteiger partial charge in [-0.1, -0.05) is 6.92 Å². The maximum absolute atomic E-state index is 11.3. The Morgan fingerprint density at radius 1 is 1.59 bits per heavy atom. The van der Waals surface area contributed by atoms with Crippen LogP contribution >= 0.6 is 0 Å². The molecule has 0 radical (unpaired) electrons. The second-order valence-corrected chi connectivity index (χ2v) is 4.21. The fraction of sp³-hybridized carbons (Fsp3) is 0.500. The van der Waals surface area contributed by atoms with Gasteiger partial charge in [0, 0.05) is 0 Å². The Kier molecular flexibility index (Phi) is 2.84. The van der Waals surface area contributed by atoms with E-state index in [-0.39, 0.29) is 12.3 Å². The highest BCUT2D eigenvalue weighted by Gasteiger charge is 2.21. The average Bonchev–Trinajstić information content (AvgIpc) is 2.71. The molecule has 1 unspecified atom stereocenters. The van der Waals surface area contributed by atoms with Gasteiger partial charge in [-0.2, -0.15) is 9.61 Å². The van der Waals surface area contributed by atoms with E-state index < -0.39 is 5.54 Å². The van der Waals surface area contributed by atoms with Crippen molar-refractivity contribution in [2.24, 2.45) is 0 Å². The molecule has 0 bridgehead atoms. The third-order valence-corrected chi connectivity index (χ3v) is 2.83. The molecule has 17 heavy (non-hydrogen) atoms. The quantitative estimate of drug-likeness (QED) is 0.695. The van der Waals surface area contributed by atoms with Gasteiger partial charge in [0.2, 0.25) is 0 Å². The maximum atomic E-state index is 11.3. The smallest absolute Gasteiger partial charge is 0.364 e. The number of anilines is 1. The standard InChI is InChI=1S/C10H15N5O2/c1-3-10(2,6-16)11-7-4-5-8-12-13-9(17)15(8)14-7/h4-5,16H,3,6H2,1-2H3,(H,11,14)(H,13,17). The van der Waals surface area contributed by atoms with Crippen LogP contribution in [0, 0.1) is 0 Å². The van der Waals surface area contributed by atoms with Crippen molar-refractivity contribution in [3.05, 3.63) is 22.6 Å². The van der Waals surface area contributed by atoms with Crippen LogP contribution in [0.2, 0.25) is 0 Å². The summed E-state index contributed by atoms with van der Waals surface area (Å²) in [6.45, 7) is 3.84. The minimum absolute atomic E-state index is 0.0104. The number of nitrogens with one attached hydrogen (secondary N) is 2. The van der Waals surface area contributed by atoms with Crippen molar-refractivity contribution < 1.29 is 5.11 Å².